The van der Waals surface area contributed by atoms with Crippen LogP contribution in [-0.4, -0.2) is 34.2 Å². The SMILES string of the molecule is Cc1cccc2c1c(CCCN1CCCCC1)c(CO)n2C. The normalized spacial score (nSPS) is 16.5. The lowest BCUT2D eigenvalue weighted by Gasteiger charge is -2.26. The number of aryl methyl sites for hydroxylation is 3. The van der Waals surface area contributed by atoms with Crippen molar-refractivity contribution in [2.24, 2.45) is 7.05 Å². The van der Waals surface area contributed by atoms with Gasteiger partial charge in [-0.2, -0.15) is 0 Å². The summed E-state index contributed by atoms with van der Waals surface area (Å²) < 4.78 is 2.17. The van der Waals surface area contributed by atoms with Gasteiger partial charge in [0.1, 0.15) is 0 Å². The van der Waals surface area contributed by atoms with Gasteiger partial charge in [0.15, 0.2) is 0 Å². The topological polar surface area (TPSA) is 28.4 Å². The van der Waals surface area contributed by atoms with Gasteiger partial charge in [0.2, 0.25) is 0 Å². The molecule has 1 aliphatic rings. The summed E-state index contributed by atoms with van der Waals surface area (Å²) in [4.78, 5) is 2.60. The van der Waals surface area contributed by atoms with Gasteiger partial charge in [-0.05, 0) is 69.4 Å². The van der Waals surface area contributed by atoms with Crippen LogP contribution in [0.3, 0.4) is 0 Å². The highest BCUT2D eigenvalue weighted by molar-refractivity contribution is 5.88. The van der Waals surface area contributed by atoms with E-state index in [1.165, 1.54) is 67.3 Å². The molecular weight excluding hydrogens is 272 g/mol. The Hall–Kier alpha value is -1.32. The van der Waals surface area contributed by atoms with Crippen molar-refractivity contribution in [2.45, 2.75) is 45.6 Å². The van der Waals surface area contributed by atoms with Gasteiger partial charge in [0, 0.05) is 23.6 Å². The standard InChI is InChI=1S/C19H28N2O/c1-15-8-6-10-17-19(15)16(18(14-22)20(17)2)9-7-13-21-11-4-3-5-12-21/h6,8,10,22H,3-5,7,9,11-14H2,1-2H3. The number of aromatic nitrogens is 1. The minimum atomic E-state index is 0.129. The minimum Gasteiger partial charge on any atom is -0.390 e. The number of fused-ring (bicyclic) bond motifs is 1. The minimum absolute atomic E-state index is 0.129. The first-order valence-electron chi connectivity index (χ1n) is 8.61. The maximum absolute atomic E-state index is 9.81. The quantitative estimate of drug-likeness (QED) is 0.917. The maximum Gasteiger partial charge on any atom is 0.0835 e. The van der Waals surface area contributed by atoms with Gasteiger partial charge >= 0.3 is 0 Å². The van der Waals surface area contributed by atoms with Crippen molar-refractivity contribution in [3.63, 3.8) is 0 Å². The van der Waals surface area contributed by atoms with Crippen LogP contribution < -0.4 is 0 Å². The predicted molar refractivity (Wildman–Crippen MR) is 92.2 cm³/mol. The Morgan fingerprint density at radius 2 is 1.91 bits per heavy atom. The van der Waals surface area contributed by atoms with E-state index in [0.717, 1.165) is 12.1 Å². The Labute approximate surface area is 133 Å². The summed E-state index contributed by atoms with van der Waals surface area (Å²) in [5.74, 6) is 0. The molecule has 0 atom stereocenters. The average Bonchev–Trinajstić information content (AvgIpc) is 2.82. The highest BCUT2D eigenvalue weighted by Gasteiger charge is 2.16. The second-order valence-corrected chi connectivity index (χ2v) is 6.62. The number of hydrogen-bond donors (Lipinski definition) is 1. The van der Waals surface area contributed by atoms with Crippen LogP contribution in [0.5, 0.6) is 0 Å². The first-order chi connectivity index (χ1) is 10.7. The van der Waals surface area contributed by atoms with Crippen molar-refractivity contribution >= 4 is 10.9 Å². The molecule has 1 aromatic heterocycles. The van der Waals surface area contributed by atoms with Crippen molar-refractivity contribution in [1.82, 2.24) is 9.47 Å². The number of hydrogen-bond acceptors (Lipinski definition) is 2. The van der Waals surface area contributed by atoms with Crippen LogP contribution >= 0.6 is 0 Å². The van der Waals surface area contributed by atoms with E-state index >= 15 is 0 Å². The third-order valence-corrected chi connectivity index (χ3v) is 5.17. The Bertz CT molecular complexity index is 638. The average molecular weight is 300 g/mol. The van der Waals surface area contributed by atoms with Gasteiger partial charge in [-0.25, -0.2) is 0 Å². The fourth-order valence-electron chi connectivity index (χ4n) is 3.95. The zero-order chi connectivity index (χ0) is 15.5. The van der Waals surface area contributed by atoms with E-state index < -0.39 is 0 Å². The molecule has 0 amide bonds. The number of rotatable bonds is 5. The fraction of sp³-hybridized carbons (Fsp3) is 0.579. The molecule has 3 nitrogen and oxygen atoms in total. The molecule has 2 heterocycles. The molecule has 120 valence electrons. The molecule has 2 aromatic rings. The third-order valence-electron chi connectivity index (χ3n) is 5.17. The molecule has 1 aliphatic heterocycles. The van der Waals surface area contributed by atoms with Crippen LogP contribution in [0.1, 0.15) is 42.5 Å². The molecule has 0 aliphatic carbocycles. The molecule has 0 bridgehead atoms. The molecular formula is C19H28N2O. The van der Waals surface area contributed by atoms with E-state index in [1.807, 2.05) is 0 Å². The monoisotopic (exact) mass is 300 g/mol. The molecule has 0 saturated carbocycles. The summed E-state index contributed by atoms with van der Waals surface area (Å²) in [5.41, 5.74) is 5.01. The maximum atomic E-state index is 9.81. The van der Waals surface area contributed by atoms with Gasteiger partial charge in [-0.3, -0.25) is 0 Å². The lowest BCUT2D eigenvalue weighted by Crippen LogP contribution is -2.30. The highest BCUT2D eigenvalue weighted by Crippen LogP contribution is 2.29. The van der Waals surface area contributed by atoms with Gasteiger partial charge in [0.25, 0.3) is 0 Å². The van der Waals surface area contributed by atoms with Crippen molar-refractivity contribution in [2.75, 3.05) is 19.6 Å². The summed E-state index contributed by atoms with van der Waals surface area (Å²) in [5, 5.41) is 11.2. The molecule has 0 radical (unpaired) electrons. The number of nitrogens with zero attached hydrogens (tertiary/aromatic N) is 2. The second-order valence-electron chi connectivity index (χ2n) is 6.62. The summed E-state index contributed by atoms with van der Waals surface area (Å²) in [6, 6.07) is 6.45. The van der Waals surface area contributed by atoms with Crippen molar-refractivity contribution in [3.8, 4) is 0 Å². The van der Waals surface area contributed by atoms with Crippen LogP contribution in [0.2, 0.25) is 0 Å². The Kier molecular flexibility index (Phi) is 4.84. The van der Waals surface area contributed by atoms with E-state index in [0.29, 0.717) is 0 Å². The van der Waals surface area contributed by atoms with Crippen LogP contribution in [0.25, 0.3) is 10.9 Å². The lowest BCUT2D eigenvalue weighted by atomic mass is 10.0. The molecule has 1 fully saturated rings. The summed E-state index contributed by atoms with van der Waals surface area (Å²) in [6.45, 7) is 6.03. The largest absolute Gasteiger partial charge is 0.390 e. The number of benzene rings is 1. The number of piperidine rings is 1. The smallest absolute Gasteiger partial charge is 0.0835 e. The molecule has 1 aromatic carbocycles. The molecule has 1 saturated heterocycles. The molecule has 0 spiro atoms. The van der Waals surface area contributed by atoms with Crippen LogP contribution in [0.15, 0.2) is 18.2 Å². The van der Waals surface area contributed by atoms with Crippen LogP contribution in [0.4, 0.5) is 0 Å². The summed E-state index contributed by atoms with van der Waals surface area (Å²) in [6.07, 6.45) is 6.35. The predicted octanol–water partition coefficient (Wildman–Crippen LogP) is 3.40. The fourth-order valence-corrected chi connectivity index (χ4v) is 3.95. The van der Waals surface area contributed by atoms with E-state index in [-0.39, 0.29) is 6.61 Å². The van der Waals surface area contributed by atoms with Crippen molar-refractivity contribution in [3.05, 3.63) is 35.0 Å². The number of aliphatic hydroxyl groups excluding tert-OH is 1. The van der Waals surface area contributed by atoms with Gasteiger partial charge in [0.05, 0.1) is 6.61 Å². The third kappa shape index (κ3) is 2.92. The van der Waals surface area contributed by atoms with Crippen molar-refractivity contribution < 1.29 is 5.11 Å². The molecule has 1 N–H and O–H groups in total. The number of likely N-dealkylation sites (tertiary alicyclic amines) is 1. The second kappa shape index (κ2) is 6.84. The molecule has 3 rings (SSSR count). The van der Waals surface area contributed by atoms with Gasteiger partial charge < -0.3 is 14.6 Å². The summed E-state index contributed by atoms with van der Waals surface area (Å²) in [7, 11) is 2.07. The van der Waals surface area contributed by atoms with Gasteiger partial charge in [-0.15, -0.1) is 0 Å². The molecule has 0 unspecified atom stereocenters. The van der Waals surface area contributed by atoms with Crippen molar-refractivity contribution in [1.29, 1.82) is 0 Å². The Balaban J connectivity index is 1.80. The molecule has 22 heavy (non-hydrogen) atoms. The lowest BCUT2D eigenvalue weighted by molar-refractivity contribution is 0.226. The zero-order valence-electron chi connectivity index (χ0n) is 13.9. The Morgan fingerprint density at radius 1 is 1.14 bits per heavy atom. The Morgan fingerprint density at radius 3 is 2.64 bits per heavy atom. The van der Waals surface area contributed by atoms with E-state index in [2.05, 4.69) is 41.6 Å². The van der Waals surface area contributed by atoms with Crippen LogP contribution in [-0.2, 0) is 20.1 Å². The first-order valence-corrected chi connectivity index (χ1v) is 8.61. The summed E-state index contributed by atoms with van der Waals surface area (Å²) >= 11 is 0. The highest BCUT2D eigenvalue weighted by atomic mass is 16.3. The van der Waals surface area contributed by atoms with Crippen LogP contribution in [0, 0.1) is 6.92 Å². The van der Waals surface area contributed by atoms with Gasteiger partial charge in [-0.1, -0.05) is 18.6 Å². The first kappa shape index (κ1) is 15.6. The van der Waals surface area contributed by atoms with E-state index in [9.17, 15) is 5.11 Å². The van der Waals surface area contributed by atoms with E-state index in [4.69, 9.17) is 0 Å². The molecule has 3 heteroatoms. The van der Waals surface area contributed by atoms with E-state index in [1.54, 1.807) is 0 Å². The zero-order valence-corrected chi connectivity index (χ0v) is 13.9. The number of aliphatic hydroxyl groups is 1.